The Hall–Kier alpha value is -4.32. The number of amides is 2. The van der Waals surface area contributed by atoms with E-state index in [-0.39, 0.29) is 24.5 Å². The van der Waals surface area contributed by atoms with Crippen LogP contribution in [0.2, 0.25) is 0 Å². The number of rotatable bonds is 7. The van der Waals surface area contributed by atoms with Gasteiger partial charge in [-0.15, -0.1) is 0 Å². The van der Waals surface area contributed by atoms with Crippen LogP contribution in [-0.2, 0) is 17.8 Å². The van der Waals surface area contributed by atoms with Crippen molar-refractivity contribution in [3.63, 3.8) is 0 Å². The van der Waals surface area contributed by atoms with Gasteiger partial charge in [-0.2, -0.15) is 0 Å². The molecule has 4 aromatic rings. The molecular weight excluding hydrogens is 464 g/mol. The van der Waals surface area contributed by atoms with Crippen molar-refractivity contribution in [2.45, 2.75) is 25.9 Å². The third kappa shape index (κ3) is 5.43. The highest BCUT2D eigenvalue weighted by atomic mass is 16.5. The summed E-state index contributed by atoms with van der Waals surface area (Å²) in [4.78, 5) is 29.7. The van der Waals surface area contributed by atoms with E-state index in [2.05, 4.69) is 6.07 Å². The molecule has 0 unspecified atom stereocenters. The molecule has 5 rings (SSSR count). The van der Waals surface area contributed by atoms with Gasteiger partial charge in [0.2, 0.25) is 0 Å². The fourth-order valence-corrected chi connectivity index (χ4v) is 4.84. The number of furan rings is 1. The highest BCUT2D eigenvalue weighted by Gasteiger charge is 2.34. The fourth-order valence-electron chi connectivity index (χ4n) is 4.84. The van der Waals surface area contributed by atoms with Gasteiger partial charge in [0.05, 0.1) is 12.3 Å². The molecule has 1 aromatic heterocycles. The van der Waals surface area contributed by atoms with E-state index >= 15 is 0 Å². The molecule has 0 bridgehead atoms. The minimum Gasteiger partial charge on any atom is -0.484 e. The van der Waals surface area contributed by atoms with Crippen LogP contribution >= 0.6 is 0 Å². The van der Waals surface area contributed by atoms with Crippen LogP contribution in [-0.4, -0.2) is 41.8 Å². The van der Waals surface area contributed by atoms with Crippen LogP contribution in [0.15, 0.2) is 95.6 Å². The molecule has 2 heterocycles. The van der Waals surface area contributed by atoms with Crippen LogP contribution in [0.5, 0.6) is 5.75 Å². The first-order valence-corrected chi connectivity index (χ1v) is 12.4. The van der Waals surface area contributed by atoms with Gasteiger partial charge in [-0.25, -0.2) is 0 Å². The van der Waals surface area contributed by atoms with Crippen LogP contribution in [0.3, 0.4) is 0 Å². The van der Waals surface area contributed by atoms with Crippen molar-refractivity contribution < 1.29 is 18.7 Å². The van der Waals surface area contributed by atoms with Crippen molar-refractivity contribution in [2.75, 3.05) is 20.2 Å². The summed E-state index contributed by atoms with van der Waals surface area (Å²) in [6.45, 7) is 3.08. The molecule has 0 saturated heterocycles. The first kappa shape index (κ1) is 24.4. The van der Waals surface area contributed by atoms with Crippen molar-refractivity contribution in [3.05, 3.63) is 125 Å². The van der Waals surface area contributed by atoms with Crippen molar-refractivity contribution in [2.24, 2.45) is 0 Å². The molecule has 3 aromatic carbocycles. The Labute approximate surface area is 217 Å². The van der Waals surface area contributed by atoms with Crippen molar-refractivity contribution in [1.29, 1.82) is 0 Å². The summed E-state index contributed by atoms with van der Waals surface area (Å²) >= 11 is 0. The zero-order valence-corrected chi connectivity index (χ0v) is 21.1. The summed E-state index contributed by atoms with van der Waals surface area (Å²) in [6.07, 6.45) is 2.24. The van der Waals surface area contributed by atoms with E-state index in [0.29, 0.717) is 24.6 Å². The molecule has 1 aliphatic heterocycles. The maximum Gasteiger partial charge on any atom is 0.290 e. The van der Waals surface area contributed by atoms with E-state index in [1.165, 1.54) is 6.26 Å². The number of hydrogen-bond acceptors (Lipinski definition) is 4. The SMILES string of the molecule is Cc1cccc([C@H]2c3cc(OCC(=O)N(C)Cc4ccccc4)ccc3CCN2C(=O)c2ccco2)c1. The molecule has 6 nitrogen and oxygen atoms in total. The summed E-state index contributed by atoms with van der Waals surface area (Å²) in [7, 11) is 1.78. The summed E-state index contributed by atoms with van der Waals surface area (Å²) in [6, 6.07) is 27.1. The molecule has 0 spiro atoms. The smallest absolute Gasteiger partial charge is 0.290 e. The molecule has 1 atom stereocenters. The average Bonchev–Trinajstić information content (AvgIpc) is 3.46. The standard InChI is InChI=1S/C31H30N2O4/c1-22-8-6-11-25(18-22)30-27-19-26(37-21-29(34)32(2)20-23-9-4-3-5-10-23)14-13-24(27)15-16-33(30)31(35)28-12-7-17-36-28/h3-14,17-19,30H,15-16,20-21H2,1-2H3/t30-/m0/s1. The summed E-state index contributed by atoms with van der Waals surface area (Å²) in [5.41, 5.74) is 5.37. The Kier molecular flexibility index (Phi) is 7.08. The minimum absolute atomic E-state index is 0.0632. The largest absolute Gasteiger partial charge is 0.484 e. The van der Waals surface area contributed by atoms with Crippen LogP contribution < -0.4 is 4.74 Å². The topological polar surface area (TPSA) is 63.0 Å². The molecule has 0 fully saturated rings. The Bertz CT molecular complexity index is 1380. The van der Waals surface area contributed by atoms with Crippen LogP contribution in [0.1, 0.15) is 44.4 Å². The molecule has 0 saturated carbocycles. The van der Waals surface area contributed by atoms with Gasteiger partial charge in [-0.1, -0.05) is 66.2 Å². The number of likely N-dealkylation sites (N-methyl/N-ethyl adjacent to an activating group) is 1. The summed E-state index contributed by atoms with van der Waals surface area (Å²) in [5, 5.41) is 0. The molecule has 1 aliphatic rings. The number of benzene rings is 3. The molecular formula is C31H30N2O4. The maximum absolute atomic E-state index is 13.4. The minimum atomic E-state index is -0.291. The van der Waals surface area contributed by atoms with Gasteiger partial charge in [0.25, 0.3) is 11.8 Å². The van der Waals surface area contributed by atoms with Crippen LogP contribution in [0, 0.1) is 6.92 Å². The van der Waals surface area contributed by atoms with Gasteiger partial charge >= 0.3 is 0 Å². The van der Waals surface area contributed by atoms with E-state index in [1.54, 1.807) is 24.1 Å². The van der Waals surface area contributed by atoms with Crippen LogP contribution in [0.4, 0.5) is 0 Å². The predicted octanol–water partition coefficient (Wildman–Crippen LogP) is 5.41. The second-order valence-electron chi connectivity index (χ2n) is 9.43. The van der Waals surface area contributed by atoms with Crippen LogP contribution in [0.25, 0.3) is 0 Å². The normalized spacial score (nSPS) is 14.6. The molecule has 0 aliphatic carbocycles. The highest BCUT2D eigenvalue weighted by molar-refractivity contribution is 5.92. The van der Waals surface area contributed by atoms with Crippen molar-refractivity contribution in [1.82, 2.24) is 9.80 Å². The fraction of sp³-hybridized carbons (Fsp3) is 0.226. The van der Waals surface area contributed by atoms with Gasteiger partial charge < -0.3 is 19.0 Å². The van der Waals surface area contributed by atoms with E-state index < -0.39 is 0 Å². The molecule has 188 valence electrons. The lowest BCUT2D eigenvalue weighted by molar-refractivity contribution is -0.132. The van der Waals surface area contributed by atoms with E-state index in [0.717, 1.165) is 34.2 Å². The van der Waals surface area contributed by atoms with Gasteiger partial charge in [0.15, 0.2) is 12.4 Å². The maximum atomic E-state index is 13.4. The van der Waals surface area contributed by atoms with Crippen molar-refractivity contribution in [3.8, 4) is 5.75 Å². The second kappa shape index (κ2) is 10.7. The Morgan fingerprint density at radius 2 is 1.84 bits per heavy atom. The lowest BCUT2D eigenvalue weighted by atomic mass is 9.87. The Morgan fingerprint density at radius 1 is 1.00 bits per heavy atom. The number of carbonyl (C=O) groups excluding carboxylic acids is 2. The van der Waals surface area contributed by atoms with Gasteiger partial charge in [-0.3, -0.25) is 9.59 Å². The zero-order chi connectivity index (χ0) is 25.8. The monoisotopic (exact) mass is 494 g/mol. The number of carbonyl (C=O) groups is 2. The molecule has 6 heteroatoms. The Balaban J connectivity index is 1.39. The van der Waals surface area contributed by atoms with E-state index in [1.807, 2.05) is 78.6 Å². The number of hydrogen-bond donors (Lipinski definition) is 0. The Morgan fingerprint density at radius 3 is 2.59 bits per heavy atom. The number of nitrogens with zero attached hydrogens (tertiary/aromatic N) is 2. The summed E-state index contributed by atoms with van der Waals surface area (Å²) in [5.74, 6) is 0.670. The van der Waals surface area contributed by atoms with E-state index in [9.17, 15) is 9.59 Å². The number of ether oxygens (including phenoxy) is 1. The van der Waals surface area contributed by atoms with E-state index in [4.69, 9.17) is 9.15 Å². The number of aryl methyl sites for hydroxylation is 1. The quantitative estimate of drug-likeness (QED) is 0.345. The zero-order valence-electron chi connectivity index (χ0n) is 21.1. The van der Waals surface area contributed by atoms with Crippen molar-refractivity contribution >= 4 is 11.8 Å². The number of fused-ring (bicyclic) bond motifs is 1. The molecule has 0 N–H and O–H groups in total. The molecule has 2 amide bonds. The highest BCUT2D eigenvalue weighted by Crippen LogP contribution is 2.38. The molecule has 0 radical (unpaired) electrons. The predicted molar refractivity (Wildman–Crippen MR) is 141 cm³/mol. The third-order valence-corrected chi connectivity index (χ3v) is 6.75. The van der Waals surface area contributed by atoms with Gasteiger partial charge in [0, 0.05) is 20.1 Å². The lowest BCUT2D eigenvalue weighted by Gasteiger charge is -2.37. The lowest BCUT2D eigenvalue weighted by Crippen LogP contribution is -2.40. The second-order valence-corrected chi connectivity index (χ2v) is 9.43. The average molecular weight is 495 g/mol. The third-order valence-electron chi connectivity index (χ3n) is 6.75. The molecule has 37 heavy (non-hydrogen) atoms. The first-order chi connectivity index (χ1) is 18.0. The van der Waals surface area contributed by atoms with Gasteiger partial charge in [-0.05, 0) is 59.9 Å². The summed E-state index contributed by atoms with van der Waals surface area (Å²) < 4.78 is 11.4. The first-order valence-electron chi connectivity index (χ1n) is 12.4. The van der Waals surface area contributed by atoms with Gasteiger partial charge in [0.1, 0.15) is 5.75 Å².